The molecule has 0 saturated carbocycles. The molecule has 2 heterocycles. The molecule has 10 heteroatoms. The molecule has 202 valence electrons. The minimum atomic E-state index is -0.592. The van der Waals surface area contributed by atoms with Gasteiger partial charge in [-0.2, -0.15) is 0 Å². The summed E-state index contributed by atoms with van der Waals surface area (Å²) in [5.74, 6) is 0.480. The van der Waals surface area contributed by atoms with Crippen molar-refractivity contribution in [3.63, 3.8) is 0 Å². The zero-order valence-corrected chi connectivity index (χ0v) is 22.2. The number of cyclic esters (lactones) is 1. The number of rotatable bonds is 6. The lowest BCUT2D eigenvalue weighted by molar-refractivity contribution is -0.141. The molecule has 1 unspecified atom stereocenters. The molecule has 1 saturated heterocycles. The number of benzene rings is 3. The summed E-state index contributed by atoms with van der Waals surface area (Å²) in [6.07, 6.45) is 0. The minimum Gasteiger partial charge on any atom is -0.493 e. The standard InChI is InChI=1S/C29H26ClNO8/c1-34-22-8-15(9-23(35-2)27(22)36-3)24-17-10-20-21(39-13-38-20)11-18(17)26(19-12-37-29(33)25(19)24)31-28(32)14-5-4-6-16(30)7-14/h4-11,19,24-26H,12-13H2,1-3H3,(H,31,32)/t19-,24+,25?,26+/m0/s1. The molecule has 3 aliphatic rings. The number of esters is 1. The second kappa shape index (κ2) is 9.89. The third-order valence-corrected chi connectivity index (χ3v) is 7.84. The van der Waals surface area contributed by atoms with Crippen LogP contribution in [0.25, 0.3) is 0 Å². The average molecular weight is 552 g/mol. The van der Waals surface area contributed by atoms with Gasteiger partial charge in [0.2, 0.25) is 12.5 Å². The monoisotopic (exact) mass is 551 g/mol. The molecule has 9 nitrogen and oxygen atoms in total. The number of methoxy groups -OCH3 is 3. The van der Waals surface area contributed by atoms with Crippen molar-refractivity contribution in [1.82, 2.24) is 5.32 Å². The summed E-state index contributed by atoms with van der Waals surface area (Å²) in [6, 6.07) is 13.6. The second-order valence-corrected chi connectivity index (χ2v) is 9.99. The van der Waals surface area contributed by atoms with E-state index in [0.717, 1.165) is 16.7 Å². The Morgan fingerprint density at radius 1 is 0.923 bits per heavy atom. The van der Waals surface area contributed by atoms with E-state index in [1.165, 1.54) is 7.11 Å². The van der Waals surface area contributed by atoms with Crippen LogP contribution in [0.15, 0.2) is 48.5 Å². The zero-order valence-electron chi connectivity index (χ0n) is 21.5. The van der Waals surface area contributed by atoms with E-state index in [2.05, 4.69) is 5.32 Å². The SMILES string of the molecule is COc1cc([C@@H]2c3cc4c(cc3[C@@H](NC(=O)c3cccc(Cl)c3)[C@H]3COC(=O)C23)OCO4)cc(OC)c1OC. The van der Waals surface area contributed by atoms with Crippen molar-refractivity contribution in [2.24, 2.45) is 11.8 Å². The summed E-state index contributed by atoms with van der Waals surface area (Å²) in [5.41, 5.74) is 2.81. The smallest absolute Gasteiger partial charge is 0.310 e. The van der Waals surface area contributed by atoms with Crippen LogP contribution in [0.4, 0.5) is 0 Å². The van der Waals surface area contributed by atoms with Crippen LogP contribution in [0.3, 0.4) is 0 Å². The molecule has 3 aromatic carbocycles. The number of carbonyl (C=O) groups is 2. The first-order valence-electron chi connectivity index (χ1n) is 12.4. The van der Waals surface area contributed by atoms with Gasteiger partial charge in [-0.3, -0.25) is 9.59 Å². The van der Waals surface area contributed by atoms with E-state index in [1.54, 1.807) is 38.5 Å². The average Bonchev–Trinajstić information content (AvgIpc) is 3.57. The molecular weight excluding hydrogens is 526 g/mol. The van der Waals surface area contributed by atoms with Gasteiger partial charge >= 0.3 is 5.97 Å². The minimum absolute atomic E-state index is 0.0848. The Morgan fingerprint density at radius 3 is 2.26 bits per heavy atom. The van der Waals surface area contributed by atoms with Crippen molar-refractivity contribution >= 4 is 23.5 Å². The van der Waals surface area contributed by atoms with Crippen LogP contribution in [0.5, 0.6) is 28.7 Å². The predicted molar refractivity (Wildman–Crippen MR) is 140 cm³/mol. The van der Waals surface area contributed by atoms with E-state index < -0.39 is 17.9 Å². The molecule has 3 aromatic rings. The predicted octanol–water partition coefficient (Wildman–Crippen LogP) is 4.50. The Bertz CT molecular complexity index is 1450. The van der Waals surface area contributed by atoms with Gasteiger partial charge in [0.1, 0.15) is 0 Å². The van der Waals surface area contributed by atoms with Gasteiger partial charge < -0.3 is 33.7 Å². The van der Waals surface area contributed by atoms with E-state index >= 15 is 0 Å². The van der Waals surface area contributed by atoms with Gasteiger partial charge in [0.25, 0.3) is 5.91 Å². The van der Waals surface area contributed by atoms with Gasteiger partial charge in [-0.05, 0) is 59.2 Å². The van der Waals surface area contributed by atoms with Gasteiger partial charge in [0.05, 0.1) is 39.9 Å². The molecule has 39 heavy (non-hydrogen) atoms. The fraction of sp³-hybridized carbons (Fsp3) is 0.310. The Labute approximate surface area is 229 Å². The summed E-state index contributed by atoms with van der Waals surface area (Å²) in [6.45, 7) is 0.236. The van der Waals surface area contributed by atoms with Gasteiger partial charge in [0.15, 0.2) is 23.0 Å². The molecule has 1 aliphatic carbocycles. The fourth-order valence-electron chi connectivity index (χ4n) is 5.88. The maximum Gasteiger partial charge on any atom is 0.310 e. The number of ether oxygens (including phenoxy) is 6. The van der Waals surface area contributed by atoms with E-state index in [0.29, 0.717) is 39.3 Å². The maximum absolute atomic E-state index is 13.4. The Kier molecular flexibility index (Phi) is 6.38. The molecule has 4 atom stereocenters. The highest BCUT2D eigenvalue weighted by Crippen LogP contribution is 2.55. The molecule has 0 radical (unpaired) electrons. The van der Waals surface area contributed by atoms with Crippen molar-refractivity contribution in [1.29, 1.82) is 0 Å². The Morgan fingerprint density at radius 2 is 1.62 bits per heavy atom. The van der Waals surface area contributed by atoms with E-state index in [9.17, 15) is 9.59 Å². The fourth-order valence-corrected chi connectivity index (χ4v) is 6.07. The lowest BCUT2D eigenvalue weighted by atomic mass is 9.65. The first-order chi connectivity index (χ1) is 18.9. The quantitative estimate of drug-likeness (QED) is 0.447. The Balaban J connectivity index is 1.52. The van der Waals surface area contributed by atoms with Gasteiger partial charge in [-0.25, -0.2) is 0 Å². The number of carbonyl (C=O) groups excluding carboxylic acids is 2. The molecule has 0 aromatic heterocycles. The van der Waals surface area contributed by atoms with Crippen LogP contribution >= 0.6 is 11.6 Å². The van der Waals surface area contributed by atoms with Crippen molar-refractivity contribution < 1.29 is 38.0 Å². The molecule has 1 amide bonds. The molecule has 2 aliphatic heterocycles. The van der Waals surface area contributed by atoms with Crippen LogP contribution in [-0.4, -0.2) is 46.6 Å². The van der Waals surface area contributed by atoms with E-state index in [-0.39, 0.29) is 31.2 Å². The number of hydrogen-bond acceptors (Lipinski definition) is 8. The number of halogens is 1. The van der Waals surface area contributed by atoms with Crippen LogP contribution in [0.1, 0.15) is 39.0 Å². The number of hydrogen-bond donors (Lipinski definition) is 1. The number of fused-ring (bicyclic) bond motifs is 3. The van der Waals surface area contributed by atoms with Crippen molar-refractivity contribution in [2.75, 3.05) is 34.7 Å². The lowest BCUT2D eigenvalue weighted by Gasteiger charge is -2.39. The summed E-state index contributed by atoms with van der Waals surface area (Å²) < 4.78 is 33.7. The summed E-state index contributed by atoms with van der Waals surface area (Å²) in [7, 11) is 4.62. The summed E-state index contributed by atoms with van der Waals surface area (Å²) in [4.78, 5) is 26.7. The molecular formula is C29H26ClNO8. The first-order valence-corrected chi connectivity index (χ1v) is 12.8. The maximum atomic E-state index is 13.4. The third-order valence-electron chi connectivity index (χ3n) is 7.61. The topological polar surface area (TPSA) is 102 Å². The van der Waals surface area contributed by atoms with Gasteiger partial charge in [0, 0.05) is 22.4 Å². The highest BCUT2D eigenvalue weighted by atomic mass is 35.5. The van der Waals surface area contributed by atoms with E-state index in [4.69, 9.17) is 40.0 Å². The van der Waals surface area contributed by atoms with Crippen molar-refractivity contribution in [3.05, 3.63) is 75.8 Å². The van der Waals surface area contributed by atoms with Crippen LogP contribution in [0, 0.1) is 11.8 Å². The molecule has 1 N–H and O–H groups in total. The first kappa shape index (κ1) is 25.2. The number of amides is 1. The molecule has 1 fully saturated rings. The zero-order chi connectivity index (χ0) is 27.3. The summed E-state index contributed by atoms with van der Waals surface area (Å²) in [5, 5.41) is 3.60. The largest absolute Gasteiger partial charge is 0.493 e. The van der Waals surface area contributed by atoms with Gasteiger partial charge in [-0.15, -0.1) is 0 Å². The highest BCUT2D eigenvalue weighted by molar-refractivity contribution is 6.31. The normalized spacial score (nSPS) is 22.4. The lowest BCUT2D eigenvalue weighted by Crippen LogP contribution is -2.42. The molecule has 0 spiro atoms. The van der Waals surface area contributed by atoms with Crippen LogP contribution < -0.4 is 29.0 Å². The van der Waals surface area contributed by atoms with Crippen LogP contribution in [0.2, 0.25) is 5.02 Å². The van der Waals surface area contributed by atoms with E-state index in [1.807, 2.05) is 24.3 Å². The third kappa shape index (κ3) is 4.17. The number of nitrogens with one attached hydrogen (secondary N) is 1. The van der Waals surface area contributed by atoms with Crippen molar-refractivity contribution in [2.45, 2.75) is 12.0 Å². The molecule has 6 rings (SSSR count). The van der Waals surface area contributed by atoms with Crippen molar-refractivity contribution in [3.8, 4) is 28.7 Å². The summed E-state index contributed by atoms with van der Waals surface area (Å²) >= 11 is 6.14. The molecule has 0 bridgehead atoms. The van der Waals surface area contributed by atoms with Gasteiger partial charge in [-0.1, -0.05) is 17.7 Å². The highest BCUT2D eigenvalue weighted by Gasteiger charge is 2.53. The van der Waals surface area contributed by atoms with Crippen LogP contribution in [-0.2, 0) is 9.53 Å². The second-order valence-electron chi connectivity index (χ2n) is 9.55. The Hall–Kier alpha value is -4.11.